The summed E-state index contributed by atoms with van der Waals surface area (Å²) in [5, 5.41) is 17.5. The Bertz CT molecular complexity index is 1220. The average Bonchev–Trinajstić information content (AvgIpc) is 3.06. The molecule has 2 unspecified atom stereocenters. The second kappa shape index (κ2) is 7.27. The van der Waals surface area contributed by atoms with Crippen molar-refractivity contribution in [3.8, 4) is 17.0 Å². The Labute approximate surface area is 186 Å². The Hall–Kier alpha value is -3.00. The number of aromatic hydroxyl groups is 1. The van der Waals surface area contributed by atoms with Crippen LogP contribution in [0.15, 0.2) is 18.2 Å². The molecule has 8 heteroatoms. The summed E-state index contributed by atoms with van der Waals surface area (Å²) in [4.78, 5) is 19.7. The number of nitrogens with two attached hydrogens (primary N) is 1. The maximum Gasteiger partial charge on any atom is 0.223 e. The highest BCUT2D eigenvalue weighted by molar-refractivity contribution is 5.84. The first kappa shape index (κ1) is 22.2. The number of pyridine rings is 1. The lowest BCUT2D eigenvalue weighted by atomic mass is 9.63. The van der Waals surface area contributed by atoms with Crippen LogP contribution >= 0.6 is 0 Å². The largest absolute Gasteiger partial charge is 0.505 e. The molecule has 2 atom stereocenters. The van der Waals surface area contributed by atoms with Gasteiger partial charge in [0.15, 0.2) is 17.2 Å². The van der Waals surface area contributed by atoms with E-state index in [0.717, 1.165) is 11.1 Å². The van der Waals surface area contributed by atoms with E-state index >= 15 is 0 Å². The summed E-state index contributed by atoms with van der Waals surface area (Å²) in [5.41, 5.74) is 8.12. The quantitative estimate of drug-likeness (QED) is 0.578. The van der Waals surface area contributed by atoms with Gasteiger partial charge in [0.05, 0.1) is 17.3 Å². The van der Waals surface area contributed by atoms with Crippen molar-refractivity contribution >= 4 is 16.9 Å². The van der Waals surface area contributed by atoms with E-state index in [1.165, 1.54) is 12.1 Å². The average molecular weight is 439 g/mol. The van der Waals surface area contributed by atoms with Crippen LogP contribution in [0.3, 0.4) is 0 Å². The number of phenolic OH excluding ortho intramolecular Hbond substituents is 1. The number of piperidine rings is 1. The number of hydrogen-bond donors (Lipinski definition) is 3. The van der Waals surface area contributed by atoms with E-state index in [4.69, 9.17) is 10.7 Å². The van der Waals surface area contributed by atoms with Crippen molar-refractivity contribution in [3.63, 3.8) is 0 Å². The minimum absolute atomic E-state index is 0.244. The molecular formula is C24H29FN5O2. The number of carbonyl (C=O) groups excluding carboxylic acids is 1. The molecule has 1 aliphatic heterocycles. The molecule has 0 aliphatic carbocycles. The molecule has 4 N–H and O–H groups in total. The minimum atomic E-state index is -0.744. The van der Waals surface area contributed by atoms with Gasteiger partial charge in [0.1, 0.15) is 0 Å². The van der Waals surface area contributed by atoms with E-state index in [1.54, 1.807) is 6.07 Å². The number of rotatable bonds is 3. The molecule has 1 amide bonds. The van der Waals surface area contributed by atoms with Gasteiger partial charge in [-0.15, -0.1) is 0 Å². The molecule has 1 radical (unpaired) electrons. The Morgan fingerprint density at radius 3 is 2.66 bits per heavy atom. The number of amides is 1. The molecule has 2 aromatic heterocycles. The van der Waals surface area contributed by atoms with Crippen molar-refractivity contribution in [2.45, 2.75) is 58.0 Å². The van der Waals surface area contributed by atoms with E-state index in [2.05, 4.69) is 35.0 Å². The van der Waals surface area contributed by atoms with Crippen LogP contribution in [0.25, 0.3) is 22.3 Å². The van der Waals surface area contributed by atoms with Gasteiger partial charge in [0, 0.05) is 34.0 Å². The molecule has 0 bridgehead atoms. The first-order chi connectivity index (χ1) is 14.8. The molecule has 4 rings (SSSR count). The molecular weight excluding hydrogens is 409 g/mol. The number of phenols is 1. The molecule has 3 aromatic rings. The number of aromatic amines is 1. The normalized spacial score (nSPS) is 22.8. The number of aryl methyl sites for hydroxylation is 1. The topological polar surface area (TPSA) is 108 Å². The number of carbonyl (C=O) groups is 1. The van der Waals surface area contributed by atoms with Crippen LogP contribution in [0.5, 0.6) is 5.75 Å². The van der Waals surface area contributed by atoms with Gasteiger partial charge >= 0.3 is 0 Å². The van der Waals surface area contributed by atoms with Gasteiger partial charge in [-0.2, -0.15) is 5.10 Å². The highest BCUT2D eigenvalue weighted by Crippen LogP contribution is 2.50. The molecule has 7 nitrogen and oxygen atoms in total. The lowest BCUT2D eigenvalue weighted by molar-refractivity contribution is -0.135. The fourth-order valence-corrected chi connectivity index (χ4v) is 5.25. The lowest BCUT2D eigenvalue weighted by Gasteiger charge is -2.57. The van der Waals surface area contributed by atoms with E-state index in [-0.39, 0.29) is 11.5 Å². The highest BCUT2D eigenvalue weighted by Gasteiger charge is 2.53. The van der Waals surface area contributed by atoms with Crippen LogP contribution in [0, 0.1) is 24.7 Å². The zero-order valence-electron chi connectivity index (χ0n) is 19.2. The number of halogens is 1. The second-order valence-electron chi connectivity index (χ2n) is 9.91. The fourth-order valence-electron chi connectivity index (χ4n) is 5.25. The number of benzene rings is 1. The molecule has 32 heavy (non-hydrogen) atoms. The Morgan fingerprint density at radius 1 is 1.34 bits per heavy atom. The third-order valence-electron chi connectivity index (χ3n) is 7.22. The van der Waals surface area contributed by atoms with E-state index in [1.807, 2.05) is 27.8 Å². The highest BCUT2D eigenvalue weighted by atomic mass is 19.1. The van der Waals surface area contributed by atoms with Gasteiger partial charge < -0.3 is 10.8 Å². The number of primary amides is 1. The van der Waals surface area contributed by atoms with Gasteiger partial charge in [-0.05, 0) is 71.8 Å². The van der Waals surface area contributed by atoms with Crippen LogP contribution < -0.4 is 5.73 Å². The first-order valence-electron chi connectivity index (χ1n) is 10.6. The number of aromatic nitrogens is 3. The summed E-state index contributed by atoms with van der Waals surface area (Å²) in [6, 6.07) is 7.61. The number of nitrogens with zero attached hydrogens (tertiary/aromatic N) is 3. The van der Waals surface area contributed by atoms with Crippen LogP contribution in [0.2, 0.25) is 0 Å². The number of H-pyrrole nitrogens is 1. The van der Waals surface area contributed by atoms with Gasteiger partial charge in [-0.1, -0.05) is 0 Å². The zero-order chi connectivity index (χ0) is 23.6. The fraction of sp³-hybridized carbons (Fsp3) is 0.458. The van der Waals surface area contributed by atoms with Gasteiger partial charge in [0.25, 0.3) is 0 Å². The van der Waals surface area contributed by atoms with E-state index in [0.29, 0.717) is 28.9 Å². The third-order valence-corrected chi connectivity index (χ3v) is 7.22. The number of hydrogen-bond acceptors (Lipinski definition) is 5. The first-order valence-corrected chi connectivity index (χ1v) is 10.6. The van der Waals surface area contributed by atoms with Crippen LogP contribution in [-0.4, -0.2) is 49.2 Å². The van der Waals surface area contributed by atoms with Gasteiger partial charge in [0.2, 0.25) is 5.91 Å². The van der Waals surface area contributed by atoms with Gasteiger partial charge in [-0.25, -0.2) is 9.37 Å². The summed E-state index contributed by atoms with van der Waals surface area (Å²) >= 11 is 0. The van der Waals surface area contributed by atoms with E-state index < -0.39 is 28.9 Å². The van der Waals surface area contributed by atoms with Crippen molar-refractivity contribution in [2.75, 3.05) is 7.05 Å². The van der Waals surface area contributed by atoms with Crippen molar-refractivity contribution < 1.29 is 14.3 Å². The molecule has 169 valence electrons. The predicted octanol–water partition coefficient (Wildman–Crippen LogP) is 3.66. The standard InChI is InChI=1S/C24H29FN5O2/c1-12-14-10-15(16-11-23(2,3)30(6)24(4,5)19(16)21(26)32)20(27-22(14)29-28-12)13-7-8-18(31)17(25)9-13/h7-9,16,19,31H,11H2,1-6H3,(H2,26,32)(H,27,28,29). The number of likely N-dealkylation sites (tertiary alicyclic amines) is 1. The van der Waals surface area contributed by atoms with Crippen molar-refractivity contribution in [1.29, 1.82) is 0 Å². The van der Waals surface area contributed by atoms with Crippen molar-refractivity contribution in [2.24, 2.45) is 11.7 Å². The summed E-state index contributed by atoms with van der Waals surface area (Å²) < 4.78 is 14.3. The minimum Gasteiger partial charge on any atom is -0.505 e. The molecule has 1 fully saturated rings. The lowest BCUT2D eigenvalue weighted by Crippen LogP contribution is -2.65. The van der Waals surface area contributed by atoms with Crippen LogP contribution in [-0.2, 0) is 4.79 Å². The zero-order valence-corrected chi connectivity index (χ0v) is 19.2. The molecule has 0 saturated carbocycles. The van der Waals surface area contributed by atoms with Crippen molar-refractivity contribution in [3.05, 3.63) is 41.3 Å². The smallest absolute Gasteiger partial charge is 0.223 e. The van der Waals surface area contributed by atoms with Gasteiger partial charge in [-0.3, -0.25) is 14.8 Å². The SMILES string of the molecule is Cc1n[nH]c2nc(-c3ccc(O)c(F)c3)c(C3CC(C)(C)N(C)C(C)(C)C3C(N)=O)[c]c12. The Kier molecular flexibility index (Phi) is 5.04. The Morgan fingerprint density at radius 2 is 2.03 bits per heavy atom. The third kappa shape index (κ3) is 3.33. The van der Waals surface area contributed by atoms with Crippen molar-refractivity contribution in [1.82, 2.24) is 20.1 Å². The van der Waals surface area contributed by atoms with Crippen LogP contribution in [0.4, 0.5) is 4.39 Å². The monoisotopic (exact) mass is 438 g/mol. The van der Waals surface area contributed by atoms with Crippen LogP contribution in [0.1, 0.15) is 51.3 Å². The second-order valence-corrected chi connectivity index (χ2v) is 9.91. The van der Waals surface area contributed by atoms with E-state index in [9.17, 15) is 14.3 Å². The molecule has 1 aromatic carbocycles. The molecule has 1 saturated heterocycles. The predicted molar refractivity (Wildman–Crippen MR) is 120 cm³/mol. The Balaban J connectivity index is 2.02. The number of fused-ring (bicyclic) bond motifs is 1. The molecule has 0 spiro atoms. The maximum atomic E-state index is 14.3. The summed E-state index contributed by atoms with van der Waals surface area (Å²) in [6.45, 7) is 10.2. The summed E-state index contributed by atoms with van der Waals surface area (Å²) in [7, 11) is 2.01. The number of nitrogens with one attached hydrogen (secondary N) is 1. The summed E-state index contributed by atoms with van der Waals surface area (Å²) in [6.07, 6.45) is 0.634. The molecule has 3 heterocycles. The summed E-state index contributed by atoms with van der Waals surface area (Å²) in [5.74, 6) is -2.40. The molecule has 1 aliphatic rings. The maximum absolute atomic E-state index is 14.3.